The lowest BCUT2D eigenvalue weighted by molar-refractivity contribution is -0.231. The number of alkyl halides is 3. The summed E-state index contributed by atoms with van der Waals surface area (Å²) in [5, 5.41) is 0. The fourth-order valence-electron chi connectivity index (χ4n) is 6.30. The third-order valence-corrected chi connectivity index (χ3v) is 8.03. The van der Waals surface area contributed by atoms with E-state index in [-0.39, 0.29) is 22.3 Å². The molecule has 0 saturated heterocycles. The van der Waals surface area contributed by atoms with Gasteiger partial charge in [0, 0.05) is 0 Å². The predicted molar refractivity (Wildman–Crippen MR) is 137 cm³/mol. The monoisotopic (exact) mass is 528 g/mol. The van der Waals surface area contributed by atoms with E-state index >= 15 is 13.2 Å². The van der Waals surface area contributed by atoms with Gasteiger partial charge in [-0.15, -0.1) is 0 Å². The molecule has 4 aromatic rings. The number of rotatable bonds is 4. The smallest absolute Gasteiger partial charge is 0.406 e. The van der Waals surface area contributed by atoms with Crippen LogP contribution in [-0.2, 0) is 20.3 Å². The van der Waals surface area contributed by atoms with Gasteiger partial charge in [-0.3, -0.25) is 0 Å². The van der Waals surface area contributed by atoms with Gasteiger partial charge in [0.25, 0.3) is 0 Å². The van der Waals surface area contributed by atoms with Crippen molar-refractivity contribution in [1.82, 2.24) is 0 Å². The Kier molecular flexibility index (Phi) is 5.64. The first-order valence-corrected chi connectivity index (χ1v) is 12.5. The van der Waals surface area contributed by atoms with Crippen LogP contribution in [0.3, 0.4) is 0 Å². The van der Waals surface area contributed by atoms with Gasteiger partial charge in [0.2, 0.25) is 0 Å². The molecule has 7 heteroatoms. The molecule has 0 heterocycles. The number of carbonyl (C=O) groups is 2. The van der Waals surface area contributed by atoms with Crippen LogP contribution in [0.15, 0.2) is 109 Å². The summed E-state index contributed by atoms with van der Waals surface area (Å²) in [5.74, 6) is -1.74. The van der Waals surface area contributed by atoms with Crippen molar-refractivity contribution >= 4 is 11.9 Å². The summed E-state index contributed by atoms with van der Waals surface area (Å²) in [6, 6.07) is 28.4. The number of ether oxygens (including phenoxy) is 2. The Morgan fingerprint density at radius 3 is 1.36 bits per heavy atom. The van der Waals surface area contributed by atoms with E-state index in [9.17, 15) is 9.59 Å². The fraction of sp³-hybridized carbons (Fsp3) is 0.188. The molecule has 0 radical (unpaired) electrons. The quantitative estimate of drug-likeness (QED) is 0.280. The summed E-state index contributed by atoms with van der Waals surface area (Å²) in [5.41, 5.74) is -3.03. The summed E-state index contributed by atoms with van der Waals surface area (Å²) in [7, 11) is 0. The van der Waals surface area contributed by atoms with Gasteiger partial charge in [-0.1, -0.05) is 84.9 Å². The lowest BCUT2D eigenvalue weighted by atomic mass is 9.46. The highest BCUT2D eigenvalue weighted by Crippen LogP contribution is 2.65. The van der Waals surface area contributed by atoms with Crippen LogP contribution in [0.25, 0.3) is 0 Å². The molecule has 0 spiro atoms. The van der Waals surface area contributed by atoms with Crippen molar-refractivity contribution in [2.24, 2.45) is 0 Å². The summed E-state index contributed by atoms with van der Waals surface area (Å²) < 4.78 is 58.9. The number of halogens is 3. The topological polar surface area (TPSA) is 52.6 Å². The minimum Gasteiger partial charge on any atom is -0.453 e. The first-order valence-electron chi connectivity index (χ1n) is 12.5. The van der Waals surface area contributed by atoms with Gasteiger partial charge >= 0.3 is 18.1 Å². The standard InChI is InChI=1S/C32H23F3O4/c1-30-22-16-8-10-18-24(22)31(32(33,34)35,25-19-11-9-17-23(25)30)27(39-29(37)21-14-6-3-7-15-21)26(30)38-28(36)20-12-4-2-5-13-20/h2-19,26-27H,1H3. The second-order valence-corrected chi connectivity index (χ2v) is 9.98. The maximum atomic E-state index is 15.7. The predicted octanol–water partition coefficient (Wildman–Crippen LogP) is 6.62. The molecule has 0 aromatic heterocycles. The zero-order valence-electron chi connectivity index (χ0n) is 20.8. The normalized spacial score (nSPS) is 24.8. The van der Waals surface area contributed by atoms with E-state index in [4.69, 9.17) is 9.47 Å². The van der Waals surface area contributed by atoms with Crippen molar-refractivity contribution in [3.05, 3.63) is 143 Å². The van der Waals surface area contributed by atoms with Crippen LogP contribution in [0.5, 0.6) is 0 Å². The number of hydrogen-bond acceptors (Lipinski definition) is 4. The van der Waals surface area contributed by atoms with E-state index < -0.39 is 41.2 Å². The Morgan fingerprint density at radius 1 is 0.590 bits per heavy atom. The molecule has 196 valence electrons. The molecule has 0 amide bonds. The van der Waals surface area contributed by atoms with Gasteiger partial charge in [0.1, 0.15) is 0 Å². The Labute approximate surface area is 223 Å². The highest BCUT2D eigenvalue weighted by Gasteiger charge is 2.76. The van der Waals surface area contributed by atoms with Crippen molar-refractivity contribution in [3.8, 4) is 0 Å². The minimum atomic E-state index is -4.92. The molecule has 39 heavy (non-hydrogen) atoms. The molecule has 0 N–H and O–H groups in total. The van der Waals surface area contributed by atoms with E-state index in [1.807, 2.05) is 0 Å². The highest BCUT2D eigenvalue weighted by atomic mass is 19.4. The largest absolute Gasteiger partial charge is 0.453 e. The average Bonchev–Trinajstić information content (AvgIpc) is 2.95. The zero-order valence-corrected chi connectivity index (χ0v) is 20.8. The summed E-state index contributed by atoms with van der Waals surface area (Å²) in [6.07, 6.45) is -8.29. The van der Waals surface area contributed by atoms with Crippen molar-refractivity contribution in [1.29, 1.82) is 0 Å². The fourth-order valence-corrected chi connectivity index (χ4v) is 6.30. The van der Waals surface area contributed by atoms with E-state index in [1.165, 1.54) is 36.4 Å². The molecule has 0 aliphatic heterocycles. The van der Waals surface area contributed by atoms with Crippen LogP contribution >= 0.6 is 0 Å². The summed E-state index contributed by atoms with van der Waals surface area (Å²) >= 11 is 0. The third-order valence-electron chi connectivity index (χ3n) is 8.03. The molecule has 0 fully saturated rings. The van der Waals surface area contributed by atoms with E-state index in [1.54, 1.807) is 79.7 Å². The van der Waals surface area contributed by atoms with Crippen LogP contribution in [-0.4, -0.2) is 30.3 Å². The number of benzene rings is 4. The van der Waals surface area contributed by atoms with Crippen molar-refractivity contribution in [2.45, 2.75) is 36.1 Å². The Morgan fingerprint density at radius 2 is 0.949 bits per heavy atom. The molecule has 2 bridgehead atoms. The van der Waals surface area contributed by atoms with Crippen LogP contribution in [0.4, 0.5) is 13.2 Å². The molecular weight excluding hydrogens is 505 g/mol. The second kappa shape index (κ2) is 8.83. The second-order valence-electron chi connectivity index (χ2n) is 9.98. The van der Waals surface area contributed by atoms with Gasteiger partial charge in [-0.05, 0) is 53.4 Å². The molecule has 7 rings (SSSR count). The Bertz CT molecular complexity index is 1520. The number of fused-ring (bicyclic) bond motifs is 1. The Balaban J connectivity index is 1.63. The molecular formula is C32H23F3O4. The molecule has 0 saturated carbocycles. The number of hydrogen-bond donors (Lipinski definition) is 0. The average molecular weight is 529 g/mol. The van der Waals surface area contributed by atoms with Crippen LogP contribution in [0.2, 0.25) is 0 Å². The van der Waals surface area contributed by atoms with E-state index in [0.717, 1.165) is 0 Å². The van der Waals surface area contributed by atoms with E-state index in [0.29, 0.717) is 11.1 Å². The minimum absolute atomic E-state index is 0.0171. The lowest BCUT2D eigenvalue weighted by Gasteiger charge is -2.60. The molecule has 4 aromatic carbocycles. The van der Waals surface area contributed by atoms with E-state index in [2.05, 4.69) is 0 Å². The first kappa shape index (κ1) is 24.9. The number of esters is 2. The zero-order chi connectivity index (χ0) is 27.4. The molecule has 2 unspecified atom stereocenters. The van der Waals surface area contributed by atoms with Crippen molar-refractivity contribution in [2.75, 3.05) is 0 Å². The van der Waals surface area contributed by atoms with Crippen LogP contribution in [0, 0.1) is 0 Å². The van der Waals surface area contributed by atoms with Gasteiger partial charge in [-0.25, -0.2) is 9.59 Å². The number of carbonyl (C=O) groups excluding carboxylic acids is 2. The van der Waals surface area contributed by atoms with Gasteiger partial charge in [0.15, 0.2) is 17.6 Å². The van der Waals surface area contributed by atoms with Crippen molar-refractivity contribution < 1.29 is 32.2 Å². The van der Waals surface area contributed by atoms with Crippen LogP contribution in [0.1, 0.15) is 49.9 Å². The maximum absolute atomic E-state index is 15.7. The molecule has 2 atom stereocenters. The maximum Gasteiger partial charge on any atom is 0.406 e. The Hall–Kier alpha value is -4.39. The van der Waals surface area contributed by atoms with Gasteiger partial charge in [0.05, 0.1) is 16.5 Å². The van der Waals surface area contributed by atoms with Crippen molar-refractivity contribution in [3.63, 3.8) is 0 Å². The lowest BCUT2D eigenvalue weighted by Crippen LogP contribution is -2.71. The third kappa shape index (κ3) is 3.45. The highest BCUT2D eigenvalue weighted by molar-refractivity contribution is 5.91. The summed E-state index contributed by atoms with van der Waals surface area (Å²) in [6.45, 7) is 1.75. The molecule has 3 aliphatic carbocycles. The van der Waals surface area contributed by atoms with Crippen LogP contribution < -0.4 is 0 Å². The first-order chi connectivity index (χ1) is 18.7. The van der Waals surface area contributed by atoms with Gasteiger partial charge < -0.3 is 9.47 Å². The summed E-state index contributed by atoms with van der Waals surface area (Å²) in [4.78, 5) is 26.7. The van der Waals surface area contributed by atoms with Gasteiger partial charge in [-0.2, -0.15) is 13.2 Å². The SMILES string of the molecule is CC12c3ccccc3C(C(F)(F)F)(c3ccccc31)C(OC(=O)c1ccccc1)C2OC(=O)c1ccccc1. The molecule has 4 nitrogen and oxygen atoms in total. The molecule has 3 aliphatic rings.